The second-order valence-corrected chi connectivity index (χ2v) is 4.59. The zero-order chi connectivity index (χ0) is 12.1. The molecule has 2 nitrogen and oxygen atoms in total. The summed E-state index contributed by atoms with van der Waals surface area (Å²) >= 11 is 0. The van der Waals surface area contributed by atoms with Crippen molar-refractivity contribution in [2.24, 2.45) is 0 Å². The third kappa shape index (κ3) is 3.27. The van der Waals surface area contributed by atoms with E-state index in [1.165, 1.54) is 18.4 Å². The molecular weight excluding hydrogens is 217 g/mol. The number of halogens is 1. The molecule has 0 aromatic heterocycles. The van der Waals surface area contributed by atoms with Crippen LogP contribution in [0.25, 0.3) is 0 Å². The van der Waals surface area contributed by atoms with Gasteiger partial charge in [0.15, 0.2) is 0 Å². The van der Waals surface area contributed by atoms with Gasteiger partial charge in [-0.15, -0.1) is 0 Å². The molecule has 3 heteroatoms. The third-order valence-electron chi connectivity index (χ3n) is 3.41. The Morgan fingerprint density at radius 3 is 2.82 bits per heavy atom. The van der Waals surface area contributed by atoms with Crippen LogP contribution in [0, 0.1) is 5.82 Å². The number of nitrogens with zero attached hydrogens (tertiary/aromatic N) is 1. The third-order valence-corrected chi connectivity index (χ3v) is 3.41. The van der Waals surface area contributed by atoms with Crippen LogP contribution in [0.3, 0.4) is 0 Å². The SMILES string of the molecule is COCCCN1CCC[C@H]1c1ccc(F)cc1. The Labute approximate surface area is 102 Å². The molecular formula is C14H20FNO. The Balaban J connectivity index is 1.96. The fourth-order valence-electron chi connectivity index (χ4n) is 2.57. The van der Waals surface area contributed by atoms with Gasteiger partial charge in [-0.05, 0) is 43.5 Å². The molecule has 0 unspecified atom stereocenters. The maximum atomic E-state index is 12.9. The van der Waals surface area contributed by atoms with E-state index in [0.29, 0.717) is 6.04 Å². The first-order valence-electron chi connectivity index (χ1n) is 6.29. The van der Waals surface area contributed by atoms with Crippen LogP contribution in [0.1, 0.15) is 30.9 Å². The molecule has 0 bridgehead atoms. The molecule has 94 valence electrons. The second kappa shape index (κ2) is 6.12. The smallest absolute Gasteiger partial charge is 0.123 e. The summed E-state index contributed by atoms with van der Waals surface area (Å²) in [5, 5.41) is 0. The summed E-state index contributed by atoms with van der Waals surface area (Å²) < 4.78 is 18.0. The minimum absolute atomic E-state index is 0.155. The van der Waals surface area contributed by atoms with Crippen molar-refractivity contribution in [1.29, 1.82) is 0 Å². The zero-order valence-electron chi connectivity index (χ0n) is 10.4. The molecule has 2 rings (SSSR count). The number of hydrogen-bond acceptors (Lipinski definition) is 2. The standard InChI is InChI=1S/C14H20FNO/c1-17-11-3-10-16-9-2-4-14(16)12-5-7-13(15)8-6-12/h5-8,14H,2-4,9-11H2,1H3/t14-/m0/s1. The van der Waals surface area contributed by atoms with E-state index in [0.717, 1.165) is 26.1 Å². The van der Waals surface area contributed by atoms with E-state index in [2.05, 4.69) is 4.90 Å². The molecule has 0 N–H and O–H groups in total. The normalized spacial score (nSPS) is 20.9. The molecule has 1 aromatic carbocycles. The number of likely N-dealkylation sites (tertiary alicyclic amines) is 1. The van der Waals surface area contributed by atoms with Gasteiger partial charge in [0.05, 0.1) is 0 Å². The second-order valence-electron chi connectivity index (χ2n) is 4.59. The first-order chi connectivity index (χ1) is 8.31. The summed E-state index contributed by atoms with van der Waals surface area (Å²) in [5.74, 6) is -0.155. The van der Waals surface area contributed by atoms with E-state index in [4.69, 9.17) is 4.74 Å². The molecule has 1 aliphatic heterocycles. The Hall–Kier alpha value is -0.930. The van der Waals surface area contributed by atoms with Crippen molar-refractivity contribution in [2.45, 2.75) is 25.3 Å². The lowest BCUT2D eigenvalue weighted by molar-refractivity contribution is 0.167. The topological polar surface area (TPSA) is 12.5 Å². The zero-order valence-corrected chi connectivity index (χ0v) is 10.4. The van der Waals surface area contributed by atoms with E-state index in [9.17, 15) is 4.39 Å². The predicted octanol–water partition coefficient (Wildman–Crippen LogP) is 3.00. The number of hydrogen-bond donors (Lipinski definition) is 0. The number of ether oxygens (including phenoxy) is 1. The highest BCUT2D eigenvalue weighted by Crippen LogP contribution is 2.31. The van der Waals surface area contributed by atoms with E-state index in [-0.39, 0.29) is 5.82 Å². The van der Waals surface area contributed by atoms with E-state index >= 15 is 0 Å². The Kier molecular flexibility index (Phi) is 4.51. The van der Waals surface area contributed by atoms with Gasteiger partial charge in [-0.2, -0.15) is 0 Å². The van der Waals surface area contributed by atoms with Gasteiger partial charge < -0.3 is 4.74 Å². The van der Waals surface area contributed by atoms with Crippen LogP contribution in [0.4, 0.5) is 4.39 Å². The summed E-state index contributed by atoms with van der Waals surface area (Å²) in [4.78, 5) is 2.48. The van der Waals surface area contributed by atoms with Crippen molar-refractivity contribution in [3.05, 3.63) is 35.6 Å². The van der Waals surface area contributed by atoms with Crippen LogP contribution in [0.2, 0.25) is 0 Å². The number of rotatable bonds is 5. The molecule has 0 aliphatic carbocycles. The Bertz CT molecular complexity index is 339. The first kappa shape index (κ1) is 12.5. The van der Waals surface area contributed by atoms with Gasteiger partial charge >= 0.3 is 0 Å². The highest BCUT2D eigenvalue weighted by Gasteiger charge is 2.25. The molecule has 17 heavy (non-hydrogen) atoms. The van der Waals surface area contributed by atoms with Crippen LogP contribution < -0.4 is 0 Å². The average molecular weight is 237 g/mol. The van der Waals surface area contributed by atoms with Crippen LogP contribution in [0.5, 0.6) is 0 Å². The molecule has 1 heterocycles. The van der Waals surface area contributed by atoms with E-state index < -0.39 is 0 Å². The molecule has 0 radical (unpaired) electrons. The highest BCUT2D eigenvalue weighted by molar-refractivity contribution is 5.20. The van der Waals surface area contributed by atoms with Gasteiger partial charge in [-0.25, -0.2) is 4.39 Å². The largest absolute Gasteiger partial charge is 0.385 e. The maximum Gasteiger partial charge on any atom is 0.123 e. The van der Waals surface area contributed by atoms with Gasteiger partial charge in [-0.1, -0.05) is 12.1 Å². The molecule has 0 amide bonds. The van der Waals surface area contributed by atoms with Crippen molar-refractivity contribution in [2.75, 3.05) is 26.8 Å². The number of benzene rings is 1. The Morgan fingerprint density at radius 2 is 2.12 bits per heavy atom. The molecule has 0 spiro atoms. The summed E-state index contributed by atoms with van der Waals surface area (Å²) in [6, 6.07) is 7.40. The van der Waals surface area contributed by atoms with E-state index in [1.54, 1.807) is 19.2 Å². The maximum absolute atomic E-state index is 12.9. The quantitative estimate of drug-likeness (QED) is 0.730. The summed E-state index contributed by atoms with van der Waals surface area (Å²) in [6.07, 6.45) is 3.47. The lowest BCUT2D eigenvalue weighted by Crippen LogP contribution is -2.25. The van der Waals surface area contributed by atoms with Crippen LogP contribution in [-0.2, 0) is 4.74 Å². The predicted molar refractivity (Wildman–Crippen MR) is 66.4 cm³/mol. The Morgan fingerprint density at radius 1 is 1.35 bits per heavy atom. The van der Waals surface area contributed by atoms with Crippen LogP contribution >= 0.6 is 0 Å². The minimum Gasteiger partial charge on any atom is -0.385 e. The molecule has 1 aromatic rings. The first-order valence-corrected chi connectivity index (χ1v) is 6.29. The molecule has 1 saturated heterocycles. The van der Waals surface area contributed by atoms with Gasteiger partial charge in [0.1, 0.15) is 5.82 Å². The lowest BCUT2D eigenvalue weighted by Gasteiger charge is -2.24. The fourth-order valence-corrected chi connectivity index (χ4v) is 2.57. The van der Waals surface area contributed by atoms with Crippen molar-refractivity contribution >= 4 is 0 Å². The fraction of sp³-hybridized carbons (Fsp3) is 0.571. The average Bonchev–Trinajstić information content (AvgIpc) is 2.79. The van der Waals surface area contributed by atoms with Crippen molar-refractivity contribution < 1.29 is 9.13 Å². The highest BCUT2D eigenvalue weighted by atomic mass is 19.1. The number of methoxy groups -OCH3 is 1. The van der Waals surface area contributed by atoms with Crippen molar-refractivity contribution in [3.63, 3.8) is 0 Å². The van der Waals surface area contributed by atoms with Gasteiger partial charge in [0.25, 0.3) is 0 Å². The van der Waals surface area contributed by atoms with Crippen LogP contribution in [0.15, 0.2) is 24.3 Å². The van der Waals surface area contributed by atoms with Crippen LogP contribution in [-0.4, -0.2) is 31.7 Å². The minimum atomic E-state index is -0.155. The van der Waals surface area contributed by atoms with Gasteiger partial charge in [-0.3, -0.25) is 4.90 Å². The summed E-state index contributed by atoms with van der Waals surface area (Å²) in [6.45, 7) is 3.02. The molecule has 0 saturated carbocycles. The molecule has 1 fully saturated rings. The van der Waals surface area contributed by atoms with E-state index in [1.807, 2.05) is 12.1 Å². The molecule has 1 atom stereocenters. The van der Waals surface area contributed by atoms with Gasteiger partial charge in [0.2, 0.25) is 0 Å². The van der Waals surface area contributed by atoms with Gasteiger partial charge in [0, 0.05) is 26.3 Å². The van der Waals surface area contributed by atoms with Crippen molar-refractivity contribution in [1.82, 2.24) is 4.90 Å². The summed E-state index contributed by atoms with van der Waals surface area (Å²) in [7, 11) is 1.74. The summed E-state index contributed by atoms with van der Waals surface area (Å²) in [5.41, 5.74) is 1.24. The molecule has 1 aliphatic rings. The monoisotopic (exact) mass is 237 g/mol. The van der Waals surface area contributed by atoms with Crippen molar-refractivity contribution in [3.8, 4) is 0 Å². The lowest BCUT2D eigenvalue weighted by atomic mass is 10.0.